The van der Waals surface area contributed by atoms with Crippen LogP contribution in [0.1, 0.15) is 5.56 Å². The van der Waals surface area contributed by atoms with Crippen molar-refractivity contribution in [3.8, 4) is 0 Å². The molecule has 7 nitrogen and oxygen atoms in total. The third-order valence-corrected chi connectivity index (χ3v) is 4.01. The van der Waals surface area contributed by atoms with Crippen molar-refractivity contribution in [1.29, 1.82) is 0 Å². The Morgan fingerprint density at radius 3 is 2.84 bits per heavy atom. The van der Waals surface area contributed by atoms with Crippen molar-refractivity contribution in [2.75, 3.05) is 0 Å². The second-order valence-electron chi connectivity index (χ2n) is 5.69. The van der Waals surface area contributed by atoms with Crippen LogP contribution in [-0.2, 0) is 17.9 Å². The summed E-state index contributed by atoms with van der Waals surface area (Å²) in [5, 5.41) is 11.0. The van der Waals surface area contributed by atoms with E-state index in [0.717, 1.165) is 11.1 Å². The molecule has 1 N–H and O–H groups in total. The van der Waals surface area contributed by atoms with Crippen LogP contribution in [0.4, 0.5) is 0 Å². The van der Waals surface area contributed by atoms with Gasteiger partial charge in [-0.25, -0.2) is 4.63 Å². The van der Waals surface area contributed by atoms with Gasteiger partial charge in [-0.3, -0.25) is 9.59 Å². The van der Waals surface area contributed by atoms with Crippen LogP contribution < -0.4 is 10.7 Å². The number of carbonyl (C=O) groups is 1. The summed E-state index contributed by atoms with van der Waals surface area (Å²) >= 11 is 0. The maximum atomic E-state index is 12.3. The Kier molecular flexibility index (Phi) is 3.74. The minimum Gasteiger partial charge on any atom is -0.350 e. The fourth-order valence-electron chi connectivity index (χ4n) is 2.75. The Morgan fingerprint density at radius 1 is 1.08 bits per heavy atom. The van der Waals surface area contributed by atoms with Gasteiger partial charge in [0, 0.05) is 24.2 Å². The maximum absolute atomic E-state index is 12.3. The number of benzene rings is 2. The highest BCUT2D eigenvalue weighted by molar-refractivity contribution is 5.82. The molecule has 1 amide bonds. The van der Waals surface area contributed by atoms with Crippen LogP contribution in [0.5, 0.6) is 0 Å². The van der Waals surface area contributed by atoms with Gasteiger partial charge in [-0.2, -0.15) is 0 Å². The van der Waals surface area contributed by atoms with E-state index in [9.17, 15) is 9.59 Å². The van der Waals surface area contributed by atoms with Crippen molar-refractivity contribution < 1.29 is 9.42 Å². The number of fused-ring (bicyclic) bond motifs is 2. The third kappa shape index (κ3) is 2.99. The van der Waals surface area contributed by atoms with E-state index in [-0.39, 0.29) is 17.9 Å². The number of carbonyl (C=O) groups excluding carboxylic acids is 1. The van der Waals surface area contributed by atoms with Gasteiger partial charge in [-0.05, 0) is 40.1 Å². The quantitative estimate of drug-likeness (QED) is 0.615. The molecule has 7 heteroatoms. The lowest BCUT2D eigenvalue weighted by molar-refractivity contribution is -0.121. The fourth-order valence-corrected chi connectivity index (χ4v) is 2.75. The average molecular weight is 334 g/mol. The van der Waals surface area contributed by atoms with Gasteiger partial charge < -0.3 is 9.88 Å². The van der Waals surface area contributed by atoms with E-state index in [0.29, 0.717) is 23.0 Å². The highest BCUT2D eigenvalue weighted by Gasteiger charge is 2.07. The van der Waals surface area contributed by atoms with Crippen LogP contribution in [0.25, 0.3) is 21.9 Å². The average Bonchev–Trinajstić information content (AvgIpc) is 3.10. The number of para-hydroxylation sites is 1. The molecule has 0 atom stereocenters. The third-order valence-electron chi connectivity index (χ3n) is 4.01. The number of hydrogen-bond donors (Lipinski definition) is 1. The van der Waals surface area contributed by atoms with Gasteiger partial charge in [-0.1, -0.05) is 18.2 Å². The molecule has 0 unspecified atom stereocenters. The van der Waals surface area contributed by atoms with Gasteiger partial charge in [0.2, 0.25) is 5.91 Å². The number of pyridine rings is 1. The number of amides is 1. The van der Waals surface area contributed by atoms with Crippen LogP contribution in [0.3, 0.4) is 0 Å². The summed E-state index contributed by atoms with van der Waals surface area (Å²) < 4.78 is 6.42. The molecule has 4 rings (SSSR count). The first-order valence-corrected chi connectivity index (χ1v) is 7.77. The predicted molar refractivity (Wildman–Crippen MR) is 91.9 cm³/mol. The van der Waals surface area contributed by atoms with Gasteiger partial charge in [-0.15, -0.1) is 0 Å². The minimum atomic E-state index is -0.146. The van der Waals surface area contributed by atoms with Crippen LogP contribution in [0.15, 0.2) is 64.2 Å². The first-order chi connectivity index (χ1) is 12.2. The van der Waals surface area contributed by atoms with Gasteiger partial charge in [0.1, 0.15) is 17.6 Å². The van der Waals surface area contributed by atoms with Crippen LogP contribution in [0, 0.1) is 0 Å². The summed E-state index contributed by atoms with van der Waals surface area (Å²) in [6.45, 7) is 0.508. The van der Waals surface area contributed by atoms with E-state index >= 15 is 0 Å². The van der Waals surface area contributed by atoms with Crippen molar-refractivity contribution in [2.24, 2.45) is 0 Å². The molecule has 0 saturated heterocycles. The second-order valence-corrected chi connectivity index (χ2v) is 5.69. The molecule has 0 saturated carbocycles. The summed E-state index contributed by atoms with van der Waals surface area (Å²) in [5.41, 5.74) is 2.91. The zero-order chi connectivity index (χ0) is 17.2. The molecule has 124 valence electrons. The van der Waals surface area contributed by atoms with Gasteiger partial charge in [0.15, 0.2) is 5.43 Å². The molecule has 0 aliphatic rings. The van der Waals surface area contributed by atoms with Crippen molar-refractivity contribution >= 4 is 27.8 Å². The highest BCUT2D eigenvalue weighted by Crippen LogP contribution is 2.12. The van der Waals surface area contributed by atoms with Crippen LogP contribution in [0.2, 0.25) is 0 Å². The van der Waals surface area contributed by atoms with Crippen LogP contribution >= 0.6 is 0 Å². The monoisotopic (exact) mass is 334 g/mol. The van der Waals surface area contributed by atoms with E-state index in [1.54, 1.807) is 22.9 Å². The molecule has 0 fully saturated rings. The molecule has 0 aliphatic heterocycles. The molecule has 2 aromatic heterocycles. The predicted octanol–water partition coefficient (Wildman–Crippen LogP) is 1.85. The van der Waals surface area contributed by atoms with Crippen molar-refractivity contribution in [3.05, 3.63) is 70.5 Å². The summed E-state index contributed by atoms with van der Waals surface area (Å²) in [4.78, 5) is 24.2. The second kappa shape index (κ2) is 6.20. The fraction of sp³-hybridized carbons (Fsp3) is 0.111. The molecule has 0 spiro atoms. The SMILES string of the molecule is O=C(Cn1ccc(=O)c2ccccc21)NCc1ccc2nonc2c1. The molecule has 2 aromatic carbocycles. The Bertz CT molecular complexity index is 1130. The Balaban J connectivity index is 1.49. The van der Waals surface area contributed by atoms with Crippen molar-refractivity contribution in [3.63, 3.8) is 0 Å². The van der Waals surface area contributed by atoms with Gasteiger partial charge in [0.05, 0.1) is 5.52 Å². The van der Waals surface area contributed by atoms with Gasteiger partial charge >= 0.3 is 0 Å². The largest absolute Gasteiger partial charge is 0.350 e. The molecule has 25 heavy (non-hydrogen) atoms. The molecular weight excluding hydrogens is 320 g/mol. The van der Waals surface area contributed by atoms with Crippen molar-refractivity contribution in [1.82, 2.24) is 20.2 Å². The number of hydrogen-bond acceptors (Lipinski definition) is 5. The molecule has 0 radical (unpaired) electrons. The summed E-state index contributed by atoms with van der Waals surface area (Å²) in [6, 6.07) is 14.2. The minimum absolute atomic E-state index is 0.0539. The lowest BCUT2D eigenvalue weighted by Gasteiger charge is -2.11. The number of nitrogens with one attached hydrogen (secondary N) is 1. The van der Waals surface area contributed by atoms with E-state index in [1.807, 2.05) is 30.3 Å². The number of rotatable bonds is 4. The highest BCUT2D eigenvalue weighted by atomic mass is 16.6. The Labute approximate surface area is 141 Å². The maximum Gasteiger partial charge on any atom is 0.240 e. The summed E-state index contributed by atoms with van der Waals surface area (Å²) in [7, 11) is 0. The number of aromatic nitrogens is 3. The Morgan fingerprint density at radius 2 is 1.92 bits per heavy atom. The molecule has 4 aromatic rings. The Hall–Kier alpha value is -3.48. The zero-order valence-electron chi connectivity index (χ0n) is 13.2. The smallest absolute Gasteiger partial charge is 0.240 e. The molecule has 0 bridgehead atoms. The van der Waals surface area contributed by atoms with E-state index in [2.05, 4.69) is 20.3 Å². The standard InChI is InChI=1S/C18H14N4O3/c23-17-7-8-22(16-4-2-1-3-13(16)17)11-18(24)19-10-12-5-6-14-15(9-12)21-25-20-14/h1-9H,10-11H2,(H,19,24). The zero-order valence-corrected chi connectivity index (χ0v) is 13.2. The number of nitrogens with zero attached hydrogens (tertiary/aromatic N) is 3. The first kappa shape index (κ1) is 15.1. The van der Waals surface area contributed by atoms with E-state index in [4.69, 9.17) is 0 Å². The van der Waals surface area contributed by atoms with E-state index < -0.39 is 0 Å². The topological polar surface area (TPSA) is 90.0 Å². The summed E-state index contributed by atoms with van der Waals surface area (Å²) in [5.74, 6) is -0.146. The first-order valence-electron chi connectivity index (χ1n) is 7.77. The van der Waals surface area contributed by atoms with E-state index in [1.165, 1.54) is 6.07 Å². The summed E-state index contributed by atoms with van der Waals surface area (Å²) in [6.07, 6.45) is 1.64. The lowest BCUT2D eigenvalue weighted by Crippen LogP contribution is -2.27. The normalized spacial score (nSPS) is 11.0. The molecule has 0 aliphatic carbocycles. The lowest BCUT2D eigenvalue weighted by atomic mass is 10.2. The molecule has 2 heterocycles. The van der Waals surface area contributed by atoms with Crippen LogP contribution in [-0.4, -0.2) is 20.8 Å². The van der Waals surface area contributed by atoms with Crippen molar-refractivity contribution in [2.45, 2.75) is 13.1 Å². The van der Waals surface area contributed by atoms with Gasteiger partial charge in [0.25, 0.3) is 0 Å². The molecular formula is C18H14N4O3.